The topological polar surface area (TPSA) is 44.8 Å². The van der Waals surface area contributed by atoms with Crippen LogP contribution in [0.2, 0.25) is 0 Å². The second kappa shape index (κ2) is 10.2. The number of carbonyl (C=O) groups excluding carboxylic acids is 1. The number of benzene rings is 3. The fourth-order valence-electron chi connectivity index (χ4n) is 2.84. The standard InChI is InChI=1S/C24H24O4/c1-26-24(25)21-13-15-22(16-14-21)27-17-7-11-20-10-5-6-12-23(20)28-18-19-8-3-2-4-9-19/h2-6,8-10,12-16H,7,11,17-18H2,1H3. The minimum atomic E-state index is -0.348. The molecular weight excluding hydrogens is 352 g/mol. The zero-order chi connectivity index (χ0) is 19.6. The van der Waals surface area contributed by atoms with Crippen molar-refractivity contribution in [3.8, 4) is 11.5 Å². The molecule has 0 saturated carbocycles. The van der Waals surface area contributed by atoms with E-state index in [1.165, 1.54) is 12.7 Å². The zero-order valence-corrected chi connectivity index (χ0v) is 16.0. The third kappa shape index (κ3) is 5.61. The molecule has 4 nitrogen and oxygen atoms in total. The van der Waals surface area contributed by atoms with Gasteiger partial charge < -0.3 is 14.2 Å². The normalized spacial score (nSPS) is 10.3. The molecular formula is C24H24O4. The van der Waals surface area contributed by atoms with E-state index in [1.807, 2.05) is 36.4 Å². The summed E-state index contributed by atoms with van der Waals surface area (Å²) < 4.78 is 16.5. The van der Waals surface area contributed by atoms with Crippen molar-refractivity contribution < 1.29 is 19.0 Å². The molecule has 0 unspecified atom stereocenters. The average molecular weight is 376 g/mol. The number of rotatable bonds is 9. The summed E-state index contributed by atoms with van der Waals surface area (Å²) in [5.41, 5.74) is 2.83. The van der Waals surface area contributed by atoms with Crippen LogP contribution in [0.1, 0.15) is 27.9 Å². The van der Waals surface area contributed by atoms with Crippen LogP contribution >= 0.6 is 0 Å². The Hall–Kier alpha value is -3.27. The largest absolute Gasteiger partial charge is 0.494 e. The molecule has 0 aliphatic rings. The fourth-order valence-corrected chi connectivity index (χ4v) is 2.84. The summed E-state index contributed by atoms with van der Waals surface area (Å²) in [6, 6.07) is 25.2. The second-order valence-electron chi connectivity index (χ2n) is 6.35. The number of ether oxygens (including phenoxy) is 3. The zero-order valence-electron chi connectivity index (χ0n) is 16.0. The predicted molar refractivity (Wildman–Crippen MR) is 109 cm³/mol. The molecule has 0 N–H and O–H groups in total. The lowest BCUT2D eigenvalue weighted by molar-refractivity contribution is 0.0600. The van der Waals surface area contributed by atoms with Crippen LogP contribution < -0.4 is 9.47 Å². The van der Waals surface area contributed by atoms with E-state index in [4.69, 9.17) is 14.2 Å². The number of hydrogen-bond acceptors (Lipinski definition) is 4. The molecule has 144 valence electrons. The molecule has 3 rings (SSSR count). The summed E-state index contributed by atoms with van der Waals surface area (Å²) in [5.74, 6) is 1.30. The number of aryl methyl sites for hydroxylation is 1. The summed E-state index contributed by atoms with van der Waals surface area (Å²) in [6.45, 7) is 1.14. The summed E-state index contributed by atoms with van der Waals surface area (Å²) in [4.78, 5) is 11.4. The highest BCUT2D eigenvalue weighted by atomic mass is 16.5. The van der Waals surface area contributed by atoms with E-state index in [0.717, 1.165) is 29.9 Å². The van der Waals surface area contributed by atoms with Gasteiger partial charge in [0.25, 0.3) is 0 Å². The van der Waals surface area contributed by atoms with Crippen molar-refractivity contribution in [1.82, 2.24) is 0 Å². The van der Waals surface area contributed by atoms with Crippen LogP contribution in [-0.2, 0) is 17.8 Å². The lowest BCUT2D eigenvalue weighted by Crippen LogP contribution is -2.03. The third-order valence-electron chi connectivity index (χ3n) is 4.34. The number of esters is 1. The van der Waals surface area contributed by atoms with Crippen molar-refractivity contribution in [3.05, 3.63) is 95.6 Å². The quantitative estimate of drug-likeness (QED) is 0.387. The van der Waals surface area contributed by atoms with Gasteiger partial charge in [-0.2, -0.15) is 0 Å². The number of methoxy groups -OCH3 is 1. The van der Waals surface area contributed by atoms with Crippen molar-refractivity contribution >= 4 is 5.97 Å². The molecule has 0 saturated heterocycles. The Balaban J connectivity index is 1.47. The first kappa shape index (κ1) is 19.5. The van der Waals surface area contributed by atoms with E-state index in [-0.39, 0.29) is 5.97 Å². The molecule has 0 atom stereocenters. The van der Waals surface area contributed by atoms with Gasteiger partial charge in [0.15, 0.2) is 0 Å². The third-order valence-corrected chi connectivity index (χ3v) is 4.34. The van der Waals surface area contributed by atoms with Crippen molar-refractivity contribution in [2.45, 2.75) is 19.4 Å². The highest BCUT2D eigenvalue weighted by Gasteiger charge is 2.06. The molecule has 28 heavy (non-hydrogen) atoms. The van der Waals surface area contributed by atoms with Crippen LogP contribution in [0.25, 0.3) is 0 Å². The van der Waals surface area contributed by atoms with Crippen molar-refractivity contribution in [1.29, 1.82) is 0 Å². The van der Waals surface area contributed by atoms with Gasteiger partial charge in [0, 0.05) is 0 Å². The van der Waals surface area contributed by atoms with Gasteiger partial charge in [0.1, 0.15) is 18.1 Å². The van der Waals surface area contributed by atoms with E-state index in [0.29, 0.717) is 18.8 Å². The minimum absolute atomic E-state index is 0.348. The lowest BCUT2D eigenvalue weighted by Gasteiger charge is -2.12. The molecule has 0 radical (unpaired) electrons. The number of carbonyl (C=O) groups is 1. The van der Waals surface area contributed by atoms with Crippen molar-refractivity contribution in [2.75, 3.05) is 13.7 Å². The first-order chi connectivity index (χ1) is 13.8. The predicted octanol–water partition coefficient (Wildman–Crippen LogP) is 5.06. The van der Waals surface area contributed by atoms with Crippen LogP contribution in [0.4, 0.5) is 0 Å². The molecule has 0 fully saturated rings. The Labute approximate surface area is 165 Å². The van der Waals surface area contributed by atoms with Gasteiger partial charge >= 0.3 is 5.97 Å². The maximum absolute atomic E-state index is 11.4. The van der Waals surface area contributed by atoms with Crippen molar-refractivity contribution in [2.24, 2.45) is 0 Å². The highest BCUT2D eigenvalue weighted by Crippen LogP contribution is 2.21. The minimum Gasteiger partial charge on any atom is -0.494 e. The second-order valence-corrected chi connectivity index (χ2v) is 6.35. The summed E-state index contributed by atoms with van der Waals surface area (Å²) >= 11 is 0. The smallest absolute Gasteiger partial charge is 0.337 e. The molecule has 0 heterocycles. The van der Waals surface area contributed by atoms with Gasteiger partial charge in [-0.05, 0) is 54.3 Å². The van der Waals surface area contributed by atoms with E-state index in [1.54, 1.807) is 24.3 Å². The molecule has 0 spiro atoms. The van der Waals surface area contributed by atoms with Crippen LogP contribution in [0.15, 0.2) is 78.9 Å². The Bertz CT molecular complexity index is 873. The van der Waals surface area contributed by atoms with Gasteiger partial charge in [0.05, 0.1) is 19.3 Å². The molecule has 0 aliphatic carbocycles. The molecule has 3 aromatic carbocycles. The maximum atomic E-state index is 11.4. The molecule has 3 aromatic rings. The van der Waals surface area contributed by atoms with Gasteiger partial charge in [-0.1, -0.05) is 48.5 Å². The number of para-hydroxylation sites is 1. The summed E-state index contributed by atoms with van der Waals surface area (Å²) in [7, 11) is 1.37. The average Bonchev–Trinajstić information content (AvgIpc) is 2.76. The molecule has 4 heteroatoms. The van der Waals surface area contributed by atoms with Gasteiger partial charge in [-0.25, -0.2) is 4.79 Å². The maximum Gasteiger partial charge on any atom is 0.337 e. The van der Waals surface area contributed by atoms with Gasteiger partial charge in [-0.3, -0.25) is 0 Å². The first-order valence-corrected chi connectivity index (χ1v) is 9.32. The van der Waals surface area contributed by atoms with Gasteiger partial charge in [-0.15, -0.1) is 0 Å². The molecule has 0 aromatic heterocycles. The number of hydrogen-bond donors (Lipinski definition) is 0. The van der Waals surface area contributed by atoms with Gasteiger partial charge in [0.2, 0.25) is 0 Å². The molecule has 0 aliphatic heterocycles. The molecule has 0 bridgehead atoms. The Morgan fingerprint density at radius 2 is 1.54 bits per heavy atom. The van der Waals surface area contributed by atoms with Crippen LogP contribution in [-0.4, -0.2) is 19.7 Å². The highest BCUT2D eigenvalue weighted by molar-refractivity contribution is 5.89. The van der Waals surface area contributed by atoms with Crippen LogP contribution in [0, 0.1) is 0 Å². The van der Waals surface area contributed by atoms with E-state index >= 15 is 0 Å². The molecule has 0 amide bonds. The van der Waals surface area contributed by atoms with E-state index < -0.39 is 0 Å². The van der Waals surface area contributed by atoms with Crippen LogP contribution in [0.5, 0.6) is 11.5 Å². The lowest BCUT2D eigenvalue weighted by atomic mass is 10.1. The SMILES string of the molecule is COC(=O)c1ccc(OCCCc2ccccc2OCc2ccccc2)cc1. The summed E-state index contributed by atoms with van der Waals surface area (Å²) in [6.07, 6.45) is 1.73. The Morgan fingerprint density at radius 1 is 0.821 bits per heavy atom. The first-order valence-electron chi connectivity index (χ1n) is 9.32. The Morgan fingerprint density at radius 3 is 2.29 bits per heavy atom. The van der Waals surface area contributed by atoms with Crippen LogP contribution in [0.3, 0.4) is 0 Å². The monoisotopic (exact) mass is 376 g/mol. The summed E-state index contributed by atoms with van der Waals surface area (Å²) in [5, 5.41) is 0. The van der Waals surface area contributed by atoms with E-state index in [9.17, 15) is 4.79 Å². The van der Waals surface area contributed by atoms with Crippen molar-refractivity contribution in [3.63, 3.8) is 0 Å². The Kier molecular flexibility index (Phi) is 7.08. The van der Waals surface area contributed by atoms with E-state index in [2.05, 4.69) is 18.2 Å². The fraction of sp³-hybridized carbons (Fsp3) is 0.208.